The lowest BCUT2D eigenvalue weighted by atomic mass is 10.0. The summed E-state index contributed by atoms with van der Waals surface area (Å²) in [5.41, 5.74) is 1.48. The van der Waals surface area contributed by atoms with Gasteiger partial charge in [0, 0.05) is 55.0 Å². The third-order valence-electron chi connectivity index (χ3n) is 6.69. The van der Waals surface area contributed by atoms with Gasteiger partial charge in [-0.1, -0.05) is 12.1 Å². The molecule has 2 amide bonds. The van der Waals surface area contributed by atoms with E-state index in [1.54, 1.807) is 11.0 Å². The molecule has 2 fully saturated rings. The summed E-state index contributed by atoms with van der Waals surface area (Å²) in [7, 11) is -3.81. The first kappa shape index (κ1) is 23.3. The highest BCUT2D eigenvalue weighted by Crippen LogP contribution is 2.33. The molecule has 0 unspecified atom stereocenters. The molecule has 2 saturated heterocycles. The number of nitrogens with zero attached hydrogens (tertiary/aromatic N) is 3. The topological polar surface area (TPSA) is 123 Å². The number of carbonyl (C=O) groups excluding carboxylic acids is 2. The Hall–Kier alpha value is -3.50. The Bertz CT molecular complexity index is 1390. The minimum absolute atomic E-state index is 0.0312. The van der Waals surface area contributed by atoms with E-state index in [2.05, 4.69) is 4.98 Å². The van der Waals surface area contributed by atoms with Gasteiger partial charge in [-0.05, 0) is 43.3 Å². The molecule has 182 valence electrons. The molecule has 2 aliphatic rings. The van der Waals surface area contributed by atoms with E-state index in [9.17, 15) is 18.0 Å². The Labute approximate surface area is 203 Å². The average molecular weight is 495 g/mol. The summed E-state index contributed by atoms with van der Waals surface area (Å²) in [5.74, 6) is 0.709. The smallest absolute Gasteiger partial charge is 0.272 e. The number of nitrogens with two attached hydrogens (primary N) is 1. The van der Waals surface area contributed by atoms with Crippen LogP contribution in [0.3, 0.4) is 0 Å². The van der Waals surface area contributed by atoms with Crippen LogP contribution in [-0.2, 0) is 10.0 Å². The van der Waals surface area contributed by atoms with Gasteiger partial charge >= 0.3 is 0 Å². The molecule has 2 aliphatic heterocycles. The van der Waals surface area contributed by atoms with Gasteiger partial charge in [0.25, 0.3) is 11.8 Å². The highest BCUT2D eigenvalue weighted by molar-refractivity contribution is 7.89. The highest BCUT2D eigenvalue weighted by atomic mass is 32.2. The molecule has 1 aromatic heterocycles. The fourth-order valence-corrected chi connectivity index (χ4v) is 5.50. The summed E-state index contributed by atoms with van der Waals surface area (Å²) in [6.45, 7) is 4.58. The van der Waals surface area contributed by atoms with Gasteiger partial charge in [0.1, 0.15) is 11.4 Å². The number of hydrogen-bond donors (Lipinski definition) is 1. The van der Waals surface area contributed by atoms with E-state index in [0.29, 0.717) is 55.3 Å². The van der Waals surface area contributed by atoms with Gasteiger partial charge in [0.15, 0.2) is 0 Å². The van der Waals surface area contributed by atoms with Crippen molar-refractivity contribution in [2.75, 3.05) is 32.8 Å². The van der Waals surface area contributed by atoms with Crippen molar-refractivity contribution in [1.29, 1.82) is 0 Å². The van der Waals surface area contributed by atoms with Crippen LogP contribution in [0.5, 0.6) is 5.75 Å². The lowest BCUT2D eigenvalue weighted by molar-refractivity contribution is 0.0735. The van der Waals surface area contributed by atoms with Crippen LogP contribution in [-0.4, -0.2) is 67.8 Å². The molecule has 0 aliphatic carbocycles. The number of sulfonamides is 1. The number of rotatable bonds is 5. The van der Waals surface area contributed by atoms with Crippen molar-refractivity contribution in [2.24, 2.45) is 17.0 Å². The summed E-state index contributed by atoms with van der Waals surface area (Å²) in [4.78, 5) is 34.4. The second-order valence-electron chi connectivity index (χ2n) is 8.97. The van der Waals surface area contributed by atoms with Crippen LogP contribution in [0.4, 0.5) is 0 Å². The van der Waals surface area contributed by atoms with Crippen LogP contribution in [0.2, 0.25) is 0 Å². The van der Waals surface area contributed by atoms with Crippen molar-refractivity contribution in [3.05, 3.63) is 65.9 Å². The number of amides is 2. The Morgan fingerprint density at radius 3 is 2.17 bits per heavy atom. The maximum Gasteiger partial charge on any atom is 0.272 e. The molecule has 3 heterocycles. The van der Waals surface area contributed by atoms with Gasteiger partial charge in [0.05, 0.1) is 17.0 Å². The summed E-state index contributed by atoms with van der Waals surface area (Å²) in [6, 6.07) is 14.9. The van der Waals surface area contributed by atoms with Crippen LogP contribution in [0.25, 0.3) is 10.9 Å². The zero-order valence-electron chi connectivity index (χ0n) is 19.3. The fraction of sp³-hybridized carbons (Fsp3) is 0.320. The quantitative estimate of drug-likeness (QED) is 0.580. The predicted octanol–water partition coefficient (Wildman–Crippen LogP) is 2.13. The van der Waals surface area contributed by atoms with Gasteiger partial charge in [-0.25, -0.2) is 18.5 Å². The number of aromatic nitrogens is 1. The minimum atomic E-state index is -3.81. The van der Waals surface area contributed by atoms with E-state index in [-0.39, 0.29) is 28.5 Å². The molecule has 0 saturated carbocycles. The van der Waals surface area contributed by atoms with Crippen molar-refractivity contribution in [2.45, 2.75) is 11.8 Å². The van der Waals surface area contributed by atoms with Gasteiger partial charge in [0.2, 0.25) is 10.0 Å². The van der Waals surface area contributed by atoms with Crippen LogP contribution in [0.1, 0.15) is 27.8 Å². The van der Waals surface area contributed by atoms with Crippen molar-refractivity contribution in [3.63, 3.8) is 0 Å². The normalized spacial score (nSPS) is 19.7. The molecule has 0 spiro atoms. The first-order valence-electron chi connectivity index (χ1n) is 11.5. The number of fused-ring (bicyclic) bond motifs is 2. The van der Waals surface area contributed by atoms with E-state index < -0.39 is 10.0 Å². The number of benzene rings is 2. The third-order valence-corrected chi connectivity index (χ3v) is 7.62. The van der Waals surface area contributed by atoms with Crippen LogP contribution in [0, 0.1) is 11.8 Å². The maximum absolute atomic E-state index is 13.3. The molecule has 10 heteroatoms. The summed E-state index contributed by atoms with van der Waals surface area (Å²) < 4.78 is 28.7. The average Bonchev–Trinajstić information content (AvgIpc) is 3.42. The Kier molecular flexibility index (Phi) is 5.94. The molecule has 0 bridgehead atoms. The molecule has 9 nitrogen and oxygen atoms in total. The number of pyridine rings is 1. The molecule has 2 N–H and O–H groups in total. The van der Waals surface area contributed by atoms with Gasteiger partial charge in [-0.3, -0.25) is 9.59 Å². The summed E-state index contributed by atoms with van der Waals surface area (Å²) in [5, 5.41) is 6.00. The van der Waals surface area contributed by atoms with Crippen molar-refractivity contribution in [1.82, 2.24) is 14.8 Å². The van der Waals surface area contributed by atoms with E-state index in [1.807, 2.05) is 36.1 Å². The minimum Gasteiger partial charge on any atom is -0.493 e. The Morgan fingerprint density at radius 1 is 0.971 bits per heavy atom. The van der Waals surface area contributed by atoms with Crippen LogP contribution < -0.4 is 9.88 Å². The highest BCUT2D eigenvalue weighted by Gasteiger charge is 2.43. The molecule has 3 aromatic rings. The molecule has 2 aromatic carbocycles. The van der Waals surface area contributed by atoms with Crippen molar-refractivity contribution in [3.8, 4) is 5.75 Å². The predicted molar refractivity (Wildman–Crippen MR) is 130 cm³/mol. The first-order valence-corrected chi connectivity index (χ1v) is 13.0. The number of primary sulfonamides is 1. The standard InChI is InChI=1S/C25H26N4O5S/c1-2-34-23-11-22(27-21-6-4-3-5-20(21)23)25(31)29-14-17-12-28(13-18(17)15-29)24(30)16-7-9-19(10-8-16)35(26,32)33/h3-11,17-18H,2,12-15H2,1H3,(H2,26,32,33)/t17-,18-/m0/s1. The van der Waals surface area contributed by atoms with Gasteiger partial charge in [-0.2, -0.15) is 0 Å². The Morgan fingerprint density at radius 2 is 1.57 bits per heavy atom. The maximum atomic E-state index is 13.3. The van der Waals surface area contributed by atoms with E-state index in [0.717, 1.165) is 5.39 Å². The van der Waals surface area contributed by atoms with Gasteiger partial charge < -0.3 is 14.5 Å². The third kappa shape index (κ3) is 4.46. The molecule has 2 atom stereocenters. The molecule has 5 rings (SSSR count). The van der Waals surface area contributed by atoms with E-state index in [4.69, 9.17) is 9.88 Å². The number of carbonyl (C=O) groups is 2. The van der Waals surface area contributed by atoms with Crippen LogP contribution in [0.15, 0.2) is 59.5 Å². The van der Waals surface area contributed by atoms with Crippen molar-refractivity contribution >= 4 is 32.7 Å². The fourth-order valence-electron chi connectivity index (χ4n) is 4.98. The SMILES string of the molecule is CCOc1cc(C(=O)N2C[C@@H]3CN(C(=O)c4ccc(S(N)(=O)=O)cc4)C[C@H]3C2)nc2ccccc12. The monoisotopic (exact) mass is 494 g/mol. The Balaban J connectivity index is 1.27. The zero-order valence-corrected chi connectivity index (χ0v) is 20.1. The molecular weight excluding hydrogens is 468 g/mol. The lowest BCUT2D eigenvalue weighted by Crippen LogP contribution is -2.36. The second kappa shape index (κ2) is 8.94. The number of ether oxygens (including phenoxy) is 1. The largest absolute Gasteiger partial charge is 0.493 e. The zero-order chi connectivity index (χ0) is 24.7. The summed E-state index contributed by atoms with van der Waals surface area (Å²) >= 11 is 0. The van der Waals surface area contributed by atoms with Crippen molar-refractivity contribution < 1.29 is 22.7 Å². The first-order chi connectivity index (χ1) is 16.7. The molecule has 35 heavy (non-hydrogen) atoms. The molecule has 0 radical (unpaired) electrons. The lowest BCUT2D eigenvalue weighted by Gasteiger charge is -2.22. The van der Waals surface area contributed by atoms with E-state index in [1.165, 1.54) is 24.3 Å². The number of para-hydroxylation sites is 1. The van der Waals surface area contributed by atoms with E-state index >= 15 is 0 Å². The second-order valence-corrected chi connectivity index (χ2v) is 10.5. The number of hydrogen-bond acceptors (Lipinski definition) is 6. The van der Waals surface area contributed by atoms with Crippen LogP contribution >= 0.6 is 0 Å². The number of likely N-dealkylation sites (tertiary alicyclic amines) is 2. The summed E-state index contributed by atoms with van der Waals surface area (Å²) in [6.07, 6.45) is 0. The molecular formula is C25H26N4O5S. The van der Waals surface area contributed by atoms with Gasteiger partial charge in [-0.15, -0.1) is 0 Å².